The molecule has 1 aromatic rings. The molecule has 0 saturated carbocycles. The number of likely N-dealkylation sites (N-methyl/N-ethyl adjacent to an activating group) is 1. The van der Waals surface area contributed by atoms with Gasteiger partial charge < -0.3 is 4.90 Å². The minimum absolute atomic E-state index is 0.178. The Labute approximate surface area is 151 Å². The van der Waals surface area contributed by atoms with Gasteiger partial charge in [-0.1, -0.05) is 30.3 Å². The van der Waals surface area contributed by atoms with Crippen molar-refractivity contribution in [3.8, 4) is 0 Å². The quantitative estimate of drug-likeness (QED) is 0.549. The van der Waals surface area contributed by atoms with Gasteiger partial charge in [0.05, 0.1) is 5.75 Å². The summed E-state index contributed by atoms with van der Waals surface area (Å²) < 4.78 is 22.9. The molecule has 6 nitrogen and oxygen atoms in total. The second-order valence-corrected chi connectivity index (χ2v) is 9.41. The lowest BCUT2D eigenvalue weighted by Crippen LogP contribution is -2.45. The van der Waals surface area contributed by atoms with Crippen molar-refractivity contribution in [1.29, 1.82) is 0 Å². The molecule has 3 atom stereocenters. The van der Waals surface area contributed by atoms with Crippen LogP contribution in [0.5, 0.6) is 0 Å². The van der Waals surface area contributed by atoms with E-state index in [1.807, 2.05) is 19.1 Å². The molecule has 1 aliphatic heterocycles. The summed E-state index contributed by atoms with van der Waals surface area (Å²) in [7, 11) is -3.23. The molecule has 0 aromatic carbocycles. The van der Waals surface area contributed by atoms with Gasteiger partial charge in [0.15, 0.2) is 5.50 Å². The lowest BCUT2D eigenvalue weighted by atomic mass is 10.2. The lowest BCUT2D eigenvalue weighted by molar-refractivity contribution is -0.134. The van der Waals surface area contributed by atoms with E-state index in [0.29, 0.717) is 6.54 Å². The topological polar surface area (TPSA) is 79.7 Å². The van der Waals surface area contributed by atoms with Crippen LogP contribution in [-0.4, -0.2) is 58.7 Å². The first-order chi connectivity index (χ1) is 11.2. The van der Waals surface area contributed by atoms with Crippen molar-refractivity contribution in [2.45, 2.75) is 24.7 Å². The third-order valence-electron chi connectivity index (χ3n) is 3.52. The van der Waals surface area contributed by atoms with E-state index >= 15 is 0 Å². The molecule has 1 amide bonds. The first-order valence-electron chi connectivity index (χ1n) is 7.50. The zero-order chi connectivity index (χ0) is 17.9. The highest BCUT2D eigenvalue weighted by Crippen LogP contribution is 2.35. The van der Waals surface area contributed by atoms with Gasteiger partial charge in [-0.2, -0.15) is 0 Å². The molecule has 0 radical (unpaired) electrons. The molecular weight excluding hydrogens is 370 g/mol. The number of carbonyl (C=O) groups is 1. The van der Waals surface area contributed by atoms with Crippen LogP contribution in [0.15, 0.2) is 29.5 Å². The number of sulfone groups is 1. The molecule has 0 spiro atoms. The summed E-state index contributed by atoms with van der Waals surface area (Å²) >= 11 is 7.74. The van der Waals surface area contributed by atoms with E-state index in [2.05, 4.69) is 9.98 Å². The zero-order valence-electron chi connectivity index (χ0n) is 13.7. The Morgan fingerprint density at radius 2 is 2.21 bits per heavy atom. The van der Waals surface area contributed by atoms with Crippen LogP contribution in [0, 0.1) is 5.92 Å². The maximum absolute atomic E-state index is 12.7. The van der Waals surface area contributed by atoms with E-state index in [4.69, 9.17) is 11.6 Å². The molecule has 3 unspecified atom stereocenters. The van der Waals surface area contributed by atoms with Crippen molar-refractivity contribution in [2.24, 2.45) is 10.9 Å². The Morgan fingerprint density at radius 1 is 1.50 bits per heavy atom. The fraction of sp³-hybridized carbons (Fsp3) is 0.533. The van der Waals surface area contributed by atoms with Gasteiger partial charge in [0.25, 0.3) is 0 Å². The number of alkyl halides is 1. The standard InChI is InChI=1S/C15H20ClN3O3S2/c1-4-19(14(20)10(2)9-24(3,21)22)15-12(16)18-13(23-15)11-6-5-7-17-8-11/h5-8,10,12,15H,4,9H2,1-3H3. The van der Waals surface area contributed by atoms with Crippen LogP contribution in [0.25, 0.3) is 0 Å². The Bertz CT molecular complexity index is 725. The number of carbonyl (C=O) groups excluding carboxylic acids is 1. The fourth-order valence-corrected chi connectivity index (χ4v) is 5.20. The number of nitrogens with zero attached hydrogens (tertiary/aromatic N) is 3. The number of pyridine rings is 1. The van der Waals surface area contributed by atoms with Crippen LogP contribution in [0.2, 0.25) is 0 Å². The maximum atomic E-state index is 12.7. The molecule has 0 N–H and O–H groups in total. The average molecular weight is 390 g/mol. The molecule has 0 aliphatic carbocycles. The van der Waals surface area contributed by atoms with Crippen molar-refractivity contribution >= 4 is 44.2 Å². The summed E-state index contributed by atoms with van der Waals surface area (Å²) in [6, 6.07) is 3.70. The normalized spacial score (nSPS) is 22.1. The number of hydrogen-bond donors (Lipinski definition) is 0. The third-order valence-corrected chi connectivity index (χ3v) is 6.43. The smallest absolute Gasteiger partial charge is 0.227 e. The first-order valence-corrected chi connectivity index (χ1v) is 10.9. The highest BCUT2D eigenvalue weighted by atomic mass is 35.5. The van der Waals surface area contributed by atoms with Crippen LogP contribution in [0.3, 0.4) is 0 Å². The fourth-order valence-electron chi connectivity index (χ4n) is 2.49. The third kappa shape index (κ3) is 4.70. The summed E-state index contributed by atoms with van der Waals surface area (Å²) in [6.45, 7) is 3.90. The molecule has 0 saturated heterocycles. The molecule has 0 fully saturated rings. The van der Waals surface area contributed by atoms with E-state index in [-0.39, 0.29) is 17.0 Å². The highest BCUT2D eigenvalue weighted by Gasteiger charge is 2.37. The number of aliphatic imine (C=N–C) groups is 1. The van der Waals surface area contributed by atoms with Crippen molar-refractivity contribution in [2.75, 3.05) is 18.6 Å². The largest absolute Gasteiger partial charge is 0.327 e. The number of hydrogen-bond acceptors (Lipinski definition) is 6. The summed E-state index contributed by atoms with van der Waals surface area (Å²) in [5.74, 6) is -1.02. The van der Waals surface area contributed by atoms with Gasteiger partial charge in [-0.15, -0.1) is 0 Å². The SMILES string of the molecule is CCN(C(=O)C(C)CS(C)(=O)=O)C1SC(c2cccnc2)=NC1Cl. The molecule has 24 heavy (non-hydrogen) atoms. The van der Waals surface area contributed by atoms with Gasteiger partial charge in [0.2, 0.25) is 5.91 Å². The van der Waals surface area contributed by atoms with E-state index in [1.54, 1.807) is 24.2 Å². The Morgan fingerprint density at radius 3 is 2.75 bits per heavy atom. The predicted octanol–water partition coefficient (Wildman–Crippen LogP) is 2.00. The van der Waals surface area contributed by atoms with Crippen molar-refractivity contribution in [3.63, 3.8) is 0 Å². The first kappa shape index (κ1) is 19.2. The van der Waals surface area contributed by atoms with E-state index in [0.717, 1.165) is 16.9 Å². The number of thioether (sulfide) groups is 1. The molecule has 1 aliphatic rings. The summed E-state index contributed by atoms with van der Waals surface area (Å²) in [6.07, 6.45) is 4.50. The molecule has 1 aromatic heterocycles. The number of amides is 1. The monoisotopic (exact) mass is 389 g/mol. The lowest BCUT2D eigenvalue weighted by Gasteiger charge is -2.30. The van der Waals surface area contributed by atoms with E-state index in [1.165, 1.54) is 11.8 Å². The Hall–Kier alpha value is -1.12. The molecule has 2 rings (SSSR count). The number of rotatable bonds is 6. The van der Waals surface area contributed by atoms with Gasteiger partial charge in [-0.25, -0.2) is 8.42 Å². The van der Waals surface area contributed by atoms with Crippen LogP contribution in [0.1, 0.15) is 19.4 Å². The summed E-state index contributed by atoms with van der Waals surface area (Å²) in [5.41, 5.74) is 0.267. The predicted molar refractivity (Wildman–Crippen MR) is 98.1 cm³/mol. The molecule has 132 valence electrons. The zero-order valence-corrected chi connectivity index (χ0v) is 16.1. The minimum atomic E-state index is -3.23. The van der Waals surface area contributed by atoms with Crippen LogP contribution < -0.4 is 0 Å². The van der Waals surface area contributed by atoms with Gasteiger partial charge in [-0.3, -0.25) is 14.8 Å². The molecule has 0 bridgehead atoms. The average Bonchev–Trinajstić information content (AvgIpc) is 2.89. The van der Waals surface area contributed by atoms with E-state index in [9.17, 15) is 13.2 Å². The number of aromatic nitrogens is 1. The van der Waals surface area contributed by atoms with Crippen molar-refractivity contribution in [3.05, 3.63) is 30.1 Å². The molecule has 9 heteroatoms. The van der Waals surface area contributed by atoms with Crippen LogP contribution in [0.4, 0.5) is 0 Å². The second kappa shape index (κ2) is 7.84. The van der Waals surface area contributed by atoms with Gasteiger partial charge in [0, 0.05) is 36.7 Å². The second-order valence-electron chi connectivity index (χ2n) is 5.67. The number of halogens is 1. The minimum Gasteiger partial charge on any atom is -0.327 e. The molecular formula is C15H20ClN3O3S2. The van der Waals surface area contributed by atoms with Crippen molar-refractivity contribution in [1.82, 2.24) is 9.88 Å². The Balaban J connectivity index is 2.13. The molecule has 2 heterocycles. The summed E-state index contributed by atoms with van der Waals surface area (Å²) in [5, 5.41) is 0.372. The van der Waals surface area contributed by atoms with Crippen molar-refractivity contribution < 1.29 is 13.2 Å². The Kier molecular flexibility index (Phi) is 6.28. The maximum Gasteiger partial charge on any atom is 0.227 e. The summed E-state index contributed by atoms with van der Waals surface area (Å²) in [4.78, 5) is 22.7. The van der Waals surface area contributed by atoms with E-state index < -0.39 is 21.3 Å². The van der Waals surface area contributed by atoms with Gasteiger partial charge >= 0.3 is 0 Å². The van der Waals surface area contributed by atoms with Gasteiger partial charge in [0.1, 0.15) is 20.3 Å². The van der Waals surface area contributed by atoms with Crippen LogP contribution >= 0.6 is 23.4 Å². The van der Waals surface area contributed by atoms with Gasteiger partial charge in [-0.05, 0) is 19.1 Å². The highest BCUT2D eigenvalue weighted by molar-refractivity contribution is 8.15. The van der Waals surface area contributed by atoms with Crippen LogP contribution in [-0.2, 0) is 14.6 Å².